The first-order valence-corrected chi connectivity index (χ1v) is 45.6. The minimum Gasteiger partial charge on any atom is -0.502 e. The zero-order valence-electron chi connectivity index (χ0n) is 73.3. The molecule has 0 N–H and O–H groups in total. The molecule has 22 nitrogen and oxygen atoms in total. The molecule has 0 bridgehead atoms. The molecule has 1 unspecified atom stereocenters. The summed E-state index contributed by atoms with van der Waals surface area (Å²) in [6.45, 7) is 23.5. The number of amides is 4. The van der Waals surface area contributed by atoms with Crippen LogP contribution in [0, 0.1) is 90.8 Å². The third-order valence-electron chi connectivity index (χ3n) is 25.9. The van der Waals surface area contributed by atoms with E-state index in [0.29, 0.717) is 155 Å². The highest BCUT2D eigenvalue weighted by atomic mass is 35.5. The number of pyridine rings is 4. The molecule has 1 saturated carbocycles. The number of hydrogen-bond donors (Lipinski definition) is 0. The van der Waals surface area contributed by atoms with Crippen LogP contribution in [0.25, 0.3) is 43.6 Å². The summed E-state index contributed by atoms with van der Waals surface area (Å²) in [4.78, 5) is 79.1. The van der Waals surface area contributed by atoms with Gasteiger partial charge in [-0.1, -0.05) is 120 Å². The molecule has 5 aliphatic rings. The van der Waals surface area contributed by atoms with Crippen LogP contribution in [0.3, 0.4) is 0 Å². The average molecular weight is 1880 g/mol. The Labute approximate surface area is 785 Å². The van der Waals surface area contributed by atoms with Crippen LogP contribution in [0.1, 0.15) is 190 Å². The Balaban J connectivity index is 0.000000138. The van der Waals surface area contributed by atoms with Crippen LogP contribution < -0.4 is 0 Å². The summed E-state index contributed by atoms with van der Waals surface area (Å²) in [7, 11) is 9.47. The number of carbonyl (C=O) groups is 4. The number of aryl methyl sites for hydroxylation is 8. The minimum atomic E-state index is -0.177. The van der Waals surface area contributed by atoms with Gasteiger partial charge in [-0.3, -0.25) is 24.1 Å². The Hall–Kier alpha value is -10.7. The lowest BCUT2D eigenvalue weighted by Gasteiger charge is -2.42. The fourth-order valence-corrected chi connectivity index (χ4v) is 20.2. The Morgan fingerprint density at radius 3 is 0.961 bits per heavy atom. The summed E-state index contributed by atoms with van der Waals surface area (Å²) in [5, 5.41) is 44.5. The van der Waals surface area contributed by atoms with E-state index in [-0.39, 0.29) is 51.4 Å². The number of likely N-dealkylation sites (tertiary alicyclic amines) is 3. The average Bonchev–Trinajstić information content (AvgIpc) is 1.68. The summed E-state index contributed by atoms with van der Waals surface area (Å²) in [6, 6.07) is 32.9. The molecule has 12 heterocycles. The van der Waals surface area contributed by atoms with Gasteiger partial charge >= 0.3 is 0 Å². The fourth-order valence-electron chi connectivity index (χ4n) is 17.9. The van der Waals surface area contributed by atoms with Crippen molar-refractivity contribution in [1.82, 2.24) is 62.7 Å². The topological polar surface area (TPSA) is 260 Å². The van der Waals surface area contributed by atoms with E-state index < -0.39 is 0 Å². The van der Waals surface area contributed by atoms with Crippen molar-refractivity contribution in [2.75, 3.05) is 72.6 Å². The van der Waals surface area contributed by atoms with Crippen LogP contribution in [0.5, 0.6) is 0 Å². The van der Waals surface area contributed by atoms with Crippen molar-refractivity contribution in [3.05, 3.63) is 262 Å². The van der Waals surface area contributed by atoms with E-state index in [0.717, 1.165) is 159 Å². The van der Waals surface area contributed by atoms with Gasteiger partial charge in [0.1, 0.15) is 22.8 Å². The fraction of sp³-hybridized carbons (Fsp3) is 0.367. The van der Waals surface area contributed by atoms with Gasteiger partial charge in [-0.25, -0.2) is 19.9 Å². The molecule has 4 aliphatic heterocycles. The van der Waals surface area contributed by atoms with Crippen molar-refractivity contribution in [2.24, 2.45) is 45.9 Å². The summed E-state index contributed by atoms with van der Waals surface area (Å²) in [6.07, 6.45) is 15.3. The maximum Gasteiger partial charge on any atom is 0.274 e. The normalized spacial score (nSPS) is 15.4. The van der Waals surface area contributed by atoms with E-state index in [1.54, 1.807) is 16.9 Å². The van der Waals surface area contributed by atoms with Gasteiger partial charge in [0.15, 0.2) is 0 Å². The molecule has 5 fully saturated rings. The van der Waals surface area contributed by atoms with Crippen LogP contribution in [0.15, 0.2) is 110 Å². The molecule has 660 valence electrons. The molecule has 4 aromatic carbocycles. The molecule has 4 amide bonds. The van der Waals surface area contributed by atoms with Crippen LogP contribution in [-0.2, 0) is 58.6 Å². The Morgan fingerprint density at radius 2 is 0.688 bits per heavy atom. The van der Waals surface area contributed by atoms with Crippen LogP contribution in [0.2, 0.25) is 40.2 Å². The molecule has 4 saturated heterocycles. The van der Waals surface area contributed by atoms with E-state index in [1.807, 2.05) is 128 Å². The number of aromatic nitrogens is 8. The van der Waals surface area contributed by atoms with Crippen LogP contribution >= 0.6 is 92.8 Å². The number of benzene rings is 4. The number of nitrogens with zero attached hydrogens (tertiary/aromatic N) is 17. The van der Waals surface area contributed by atoms with Gasteiger partial charge < -0.3 is 42.6 Å². The summed E-state index contributed by atoms with van der Waals surface area (Å²) >= 11 is 52.7. The molecule has 0 radical (unpaired) electrons. The van der Waals surface area contributed by atoms with Crippen molar-refractivity contribution in [3.63, 3.8) is 0 Å². The van der Waals surface area contributed by atoms with E-state index in [9.17, 15) is 40.2 Å². The summed E-state index contributed by atoms with van der Waals surface area (Å²) in [5.41, 5.74) is 18.2. The predicted octanol–water partition coefficient (Wildman–Crippen LogP) is 20.9. The van der Waals surface area contributed by atoms with Crippen molar-refractivity contribution < 1.29 is 23.9 Å². The van der Waals surface area contributed by atoms with Gasteiger partial charge in [0.05, 0.1) is 99.6 Å². The third kappa shape index (κ3) is 19.4. The molecular formula is C98H97Cl8N17O5. The number of ether oxygens (including phenoxy) is 1. The SMILES string of the molecule is C=C(CC1CCN(C(=O)c2ncc(Cl)c(Cc3cc4c(C)cc(C#N)cc4n3C)c2Cl)CC1)OC.Cc1cc(C#N)cc2c1cc(Cc1c(Cl)cnc(C(=O)N3CC(C)C3)c1Cl)n2C.Cc1cc(C#N)cc2c1cc(Cc1c(Cl)cnc(C(=O)N3CCC(C)C3)c1Cl)n2C.Cc1cc(C#N)cc2c1cc(Cc1c(Cl)cnc(C(=O)N3CCN(C4CCC4)CC3)c1Cl)n2C. The molecular weight excluding hydrogens is 1780 g/mol. The van der Waals surface area contributed by atoms with E-state index >= 15 is 0 Å². The molecule has 8 aromatic heterocycles. The van der Waals surface area contributed by atoms with Crippen LogP contribution in [-0.4, -0.2) is 165 Å². The largest absolute Gasteiger partial charge is 0.502 e. The maximum absolute atomic E-state index is 13.3. The first kappa shape index (κ1) is 93.4. The van der Waals surface area contributed by atoms with Gasteiger partial charge in [0.25, 0.3) is 23.6 Å². The summed E-state index contributed by atoms with van der Waals surface area (Å²) in [5.74, 6) is 1.60. The first-order valence-electron chi connectivity index (χ1n) is 42.6. The van der Waals surface area contributed by atoms with Gasteiger partial charge in [0.2, 0.25) is 0 Å². The molecule has 12 aromatic rings. The van der Waals surface area contributed by atoms with Crippen molar-refractivity contribution in [2.45, 2.75) is 118 Å². The second-order valence-electron chi connectivity index (χ2n) is 34.4. The van der Waals surface area contributed by atoms with Crippen molar-refractivity contribution >= 4 is 160 Å². The maximum atomic E-state index is 13.3. The number of rotatable bonds is 16. The lowest BCUT2D eigenvalue weighted by atomic mass is 9.91. The Morgan fingerprint density at radius 1 is 0.398 bits per heavy atom. The number of methoxy groups -OCH3 is 1. The molecule has 1 atom stereocenters. The lowest BCUT2D eigenvalue weighted by Crippen LogP contribution is -2.53. The quantitative estimate of drug-likeness (QED) is 0.0815. The minimum absolute atomic E-state index is 0.136. The number of nitriles is 4. The predicted molar refractivity (Wildman–Crippen MR) is 507 cm³/mol. The number of halogens is 8. The van der Waals surface area contributed by atoms with Crippen molar-refractivity contribution in [1.29, 1.82) is 21.0 Å². The number of hydrogen-bond acceptors (Lipinski definition) is 14. The highest BCUT2D eigenvalue weighted by molar-refractivity contribution is 6.40. The number of allylic oxidation sites excluding steroid dienone is 1. The Bertz CT molecular complexity index is 6630. The number of fused-ring (bicyclic) bond motifs is 4. The number of piperidine rings is 1. The van der Waals surface area contributed by atoms with Gasteiger partial charge in [0, 0.05) is 223 Å². The highest BCUT2D eigenvalue weighted by Gasteiger charge is 2.36. The smallest absolute Gasteiger partial charge is 0.274 e. The molecule has 1 aliphatic carbocycles. The first-order chi connectivity index (χ1) is 61.2. The second kappa shape index (κ2) is 39.7. The molecule has 30 heteroatoms. The third-order valence-corrected chi connectivity index (χ3v) is 28.8. The van der Waals surface area contributed by atoms with E-state index in [2.05, 4.69) is 98.4 Å². The van der Waals surface area contributed by atoms with Gasteiger partial charge in [-0.2, -0.15) is 21.0 Å². The molecule has 0 spiro atoms. The Kier molecular flexibility index (Phi) is 29.0. The zero-order valence-corrected chi connectivity index (χ0v) is 79.3. The summed E-state index contributed by atoms with van der Waals surface area (Å²) < 4.78 is 13.4. The van der Waals surface area contributed by atoms with Gasteiger partial charge in [-0.05, 0) is 195 Å². The highest BCUT2D eigenvalue weighted by Crippen LogP contribution is 2.40. The zero-order chi connectivity index (χ0) is 91.7. The standard InChI is InChI=1S/C27H28Cl2N4O2.C26H27Cl2N5O.C23H22Cl2N4O.C22H20Cl2N4O/c1-16-9-19(14-30)11-24-21(16)12-20(32(24)3)13-22-23(28)15-31-26(25(22)29)27(34)33-7-5-18(6-8-33)10-17(2)35-4;1-16-10-17(14-29)11-23-20(16)12-19(31(23)2)13-21-22(27)15-30-25(24(21)28)26(34)33-8-6-32(7-9-33)18-4-3-5-18;1-13-4-5-29(12-13)23(30)22-21(25)18(19(24)11-27-22)9-16-8-17-14(2)6-15(10-26)7-20(17)28(16)3;1-12-10-28(11-12)22(29)21-20(24)17(18(23)9-26-21)7-15-6-16-13(2)4-14(8-25)5-19(16)27(15)3/h9,11-12,15,18H,2,5-8,10,13H2,1,3-4H3;10-12,15,18H,3-9,13H2,1-2H3;6-8,11,13H,4-5,9,12H2,1-3H3;4-6,9,12H,7,10-11H2,1-3H3. The number of carbonyl (C=O) groups excluding carboxylic acids is 4. The number of piperazine rings is 1. The molecule has 17 rings (SSSR count). The van der Waals surface area contributed by atoms with E-state index in [4.69, 9.17) is 97.5 Å². The second-order valence-corrected chi connectivity index (χ2v) is 37.5. The molecule has 128 heavy (non-hydrogen) atoms. The van der Waals surface area contributed by atoms with Crippen LogP contribution in [0.4, 0.5) is 0 Å². The lowest BCUT2D eigenvalue weighted by molar-refractivity contribution is 0.0451. The monoisotopic (exact) mass is 1870 g/mol. The van der Waals surface area contributed by atoms with Crippen molar-refractivity contribution in [3.8, 4) is 24.3 Å². The van der Waals surface area contributed by atoms with E-state index in [1.165, 1.54) is 44.0 Å². The van der Waals surface area contributed by atoms with Gasteiger partial charge in [-0.15, -0.1) is 0 Å².